The van der Waals surface area contributed by atoms with E-state index in [9.17, 15) is 9.90 Å². The van der Waals surface area contributed by atoms with E-state index in [2.05, 4.69) is 37.3 Å². The van der Waals surface area contributed by atoms with Crippen molar-refractivity contribution in [3.05, 3.63) is 35.9 Å². The maximum atomic E-state index is 12.7. The SMILES string of the molecule is CC1CCN(C(=O)C2CCC(c3ccccc3)CC2)CC1O. The van der Waals surface area contributed by atoms with E-state index in [4.69, 9.17) is 0 Å². The lowest BCUT2D eigenvalue weighted by Crippen LogP contribution is -2.48. The number of hydrogen-bond donors (Lipinski definition) is 1. The van der Waals surface area contributed by atoms with Crippen molar-refractivity contribution in [2.45, 2.75) is 51.0 Å². The third-order valence-electron chi connectivity index (χ3n) is 5.58. The van der Waals surface area contributed by atoms with Gasteiger partial charge in [0.1, 0.15) is 0 Å². The van der Waals surface area contributed by atoms with Crippen LogP contribution >= 0.6 is 0 Å². The Morgan fingerprint density at radius 3 is 2.41 bits per heavy atom. The molecule has 22 heavy (non-hydrogen) atoms. The lowest BCUT2D eigenvalue weighted by atomic mass is 9.78. The van der Waals surface area contributed by atoms with E-state index in [0.29, 0.717) is 18.4 Å². The van der Waals surface area contributed by atoms with Crippen molar-refractivity contribution in [2.24, 2.45) is 11.8 Å². The summed E-state index contributed by atoms with van der Waals surface area (Å²) in [4.78, 5) is 14.6. The molecule has 2 fully saturated rings. The molecule has 1 saturated carbocycles. The molecule has 2 unspecified atom stereocenters. The third-order valence-corrected chi connectivity index (χ3v) is 5.58. The molecule has 0 spiro atoms. The highest BCUT2D eigenvalue weighted by Crippen LogP contribution is 2.36. The van der Waals surface area contributed by atoms with Crippen molar-refractivity contribution in [3.63, 3.8) is 0 Å². The van der Waals surface area contributed by atoms with Crippen LogP contribution in [0.2, 0.25) is 0 Å². The number of benzene rings is 1. The first-order chi connectivity index (χ1) is 10.6. The Labute approximate surface area is 133 Å². The average Bonchev–Trinajstić information content (AvgIpc) is 2.58. The molecule has 3 nitrogen and oxygen atoms in total. The van der Waals surface area contributed by atoms with Gasteiger partial charge in [-0.3, -0.25) is 4.79 Å². The molecule has 3 heteroatoms. The molecule has 1 aromatic rings. The van der Waals surface area contributed by atoms with Gasteiger partial charge in [-0.15, -0.1) is 0 Å². The highest BCUT2D eigenvalue weighted by molar-refractivity contribution is 5.79. The lowest BCUT2D eigenvalue weighted by molar-refractivity contribution is -0.141. The van der Waals surface area contributed by atoms with E-state index in [1.165, 1.54) is 5.56 Å². The maximum Gasteiger partial charge on any atom is 0.225 e. The molecule has 1 N–H and O–H groups in total. The summed E-state index contributed by atoms with van der Waals surface area (Å²) in [5.41, 5.74) is 1.41. The molecular weight excluding hydrogens is 274 g/mol. The van der Waals surface area contributed by atoms with E-state index >= 15 is 0 Å². The number of amides is 1. The van der Waals surface area contributed by atoms with Crippen molar-refractivity contribution in [1.29, 1.82) is 0 Å². The molecule has 0 radical (unpaired) electrons. The van der Waals surface area contributed by atoms with Crippen LogP contribution in [-0.4, -0.2) is 35.1 Å². The maximum absolute atomic E-state index is 12.7. The van der Waals surface area contributed by atoms with Crippen LogP contribution in [0.1, 0.15) is 50.5 Å². The average molecular weight is 301 g/mol. The Kier molecular flexibility index (Phi) is 4.82. The molecule has 1 aliphatic carbocycles. The summed E-state index contributed by atoms with van der Waals surface area (Å²) < 4.78 is 0. The van der Waals surface area contributed by atoms with Crippen LogP contribution in [0.5, 0.6) is 0 Å². The number of rotatable bonds is 2. The molecule has 1 saturated heterocycles. The second kappa shape index (κ2) is 6.82. The molecule has 1 amide bonds. The minimum absolute atomic E-state index is 0.167. The number of piperidine rings is 1. The quantitative estimate of drug-likeness (QED) is 0.911. The van der Waals surface area contributed by atoms with Crippen molar-refractivity contribution in [3.8, 4) is 0 Å². The second-order valence-corrected chi connectivity index (χ2v) is 7.08. The molecule has 2 atom stereocenters. The largest absolute Gasteiger partial charge is 0.391 e. The smallest absolute Gasteiger partial charge is 0.225 e. The fraction of sp³-hybridized carbons (Fsp3) is 0.632. The van der Waals surface area contributed by atoms with Gasteiger partial charge in [-0.25, -0.2) is 0 Å². The van der Waals surface area contributed by atoms with Crippen LogP contribution in [0.3, 0.4) is 0 Å². The Hall–Kier alpha value is -1.35. The third kappa shape index (κ3) is 3.35. The summed E-state index contributed by atoms with van der Waals surface area (Å²) in [5, 5.41) is 9.99. The number of hydrogen-bond acceptors (Lipinski definition) is 2. The van der Waals surface area contributed by atoms with Crippen LogP contribution < -0.4 is 0 Å². The van der Waals surface area contributed by atoms with Crippen LogP contribution in [0, 0.1) is 11.8 Å². The molecule has 1 aliphatic heterocycles. The van der Waals surface area contributed by atoms with Crippen LogP contribution in [0.4, 0.5) is 0 Å². The number of carbonyl (C=O) groups excluding carboxylic acids is 1. The summed E-state index contributed by atoms with van der Waals surface area (Å²) in [5.74, 6) is 1.37. The number of aliphatic hydroxyl groups is 1. The van der Waals surface area contributed by atoms with Gasteiger partial charge in [-0.1, -0.05) is 37.3 Å². The first-order valence-corrected chi connectivity index (χ1v) is 8.67. The molecule has 2 aliphatic rings. The standard InChI is InChI=1S/C19H27NO2/c1-14-11-12-20(13-18(14)21)19(22)17-9-7-16(8-10-17)15-5-3-2-4-6-15/h2-6,14,16-18,21H,7-13H2,1H3. The minimum atomic E-state index is -0.349. The molecular formula is C19H27NO2. The predicted octanol–water partition coefficient (Wildman–Crippen LogP) is 3.19. The van der Waals surface area contributed by atoms with E-state index in [0.717, 1.165) is 38.6 Å². The van der Waals surface area contributed by atoms with E-state index in [1.54, 1.807) is 0 Å². The van der Waals surface area contributed by atoms with E-state index < -0.39 is 0 Å². The number of nitrogens with zero attached hydrogens (tertiary/aromatic N) is 1. The van der Waals surface area contributed by atoms with Gasteiger partial charge in [0.15, 0.2) is 0 Å². The van der Waals surface area contributed by atoms with E-state index in [1.807, 2.05) is 4.90 Å². The van der Waals surface area contributed by atoms with Crippen molar-refractivity contribution < 1.29 is 9.90 Å². The van der Waals surface area contributed by atoms with Gasteiger partial charge in [0.2, 0.25) is 5.91 Å². The summed E-state index contributed by atoms with van der Waals surface area (Å²) in [6, 6.07) is 10.7. The highest BCUT2D eigenvalue weighted by atomic mass is 16.3. The second-order valence-electron chi connectivity index (χ2n) is 7.08. The first-order valence-electron chi connectivity index (χ1n) is 8.67. The van der Waals surface area contributed by atoms with Gasteiger partial charge >= 0.3 is 0 Å². The van der Waals surface area contributed by atoms with Crippen molar-refractivity contribution in [2.75, 3.05) is 13.1 Å². The van der Waals surface area contributed by atoms with Gasteiger partial charge in [0.25, 0.3) is 0 Å². The zero-order valence-corrected chi connectivity index (χ0v) is 13.4. The zero-order chi connectivity index (χ0) is 15.5. The highest BCUT2D eigenvalue weighted by Gasteiger charge is 2.33. The summed E-state index contributed by atoms with van der Waals surface area (Å²) in [6.45, 7) is 3.41. The van der Waals surface area contributed by atoms with Crippen LogP contribution in [-0.2, 0) is 4.79 Å². The molecule has 120 valence electrons. The van der Waals surface area contributed by atoms with Gasteiger partial charge < -0.3 is 10.0 Å². The number of likely N-dealkylation sites (tertiary alicyclic amines) is 1. The Morgan fingerprint density at radius 1 is 1.09 bits per heavy atom. The normalized spacial score (nSPS) is 32.7. The number of aliphatic hydroxyl groups excluding tert-OH is 1. The first kappa shape index (κ1) is 15.5. The van der Waals surface area contributed by atoms with Gasteiger partial charge in [-0.2, -0.15) is 0 Å². The molecule has 0 bridgehead atoms. The van der Waals surface area contributed by atoms with Gasteiger partial charge in [0.05, 0.1) is 6.10 Å². The summed E-state index contributed by atoms with van der Waals surface area (Å²) in [7, 11) is 0. The Bertz CT molecular complexity index is 493. The van der Waals surface area contributed by atoms with Crippen LogP contribution in [0.25, 0.3) is 0 Å². The summed E-state index contributed by atoms with van der Waals surface area (Å²) >= 11 is 0. The zero-order valence-electron chi connectivity index (χ0n) is 13.4. The topological polar surface area (TPSA) is 40.5 Å². The molecule has 0 aromatic heterocycles. The minimum Gasteiger partial charge on any atom is -0.391 e. The monoisotopic (exact) mass is 301 g/mol. The Morgan fingerprint density at radius 2 is 1.77 bits per heavy atom. The number of β-amino-alcohol motifs (C(OH)–C–C–N with tert-alkyl or cyclic N) is 1. The fourth-order valence-corrected chi connectivity index (χ4v) is 3.91. The van der Waals surface area contributed by atoms with Crippen molar-refractivity contribution in [1.82, 2.24) is 4.90 Å². The Balaban J connectivity index is 1.54. The fourth-order valence-electron chi connectivity index (χ4n) is 3.91. The van der Waals surface area contributed by atoms with E-state index in [-0.39, 0.29) is 17.9 Å². The lowest BCUT2D eigenvalue weighted by Gasteiger charge is -2.38. The molecule has 1 aromatic carbocycles. The van der Waals surface area contributed by atoms with Crippen molar-refractivity contribution >= 4 is 5.91 Å². The summed E-state index contributed by atoms with van der Waals surface area (Å²) in [6.07, 6.45) is 4.76. The predicted molar refractivity (Wildman–Crippen MR) is 87.5 cm³/mol. The van der Waals surface area contributed by atoms with Gasteiger partial charge in [0, 0.05) is 19.0 Å². The molecule has 1 heterocycles. The van der Waals surface area contributed by atoms with Crippen LogP contribution in [0.15, 0.2) is 30.3 Å². The molecule has 3 rings (SSSR count). The number of carbonyl (C=O) groups is 1. The van der Waals surface area contributed by atoms with Gasteiger partial charge in [-0.05, 0) is 49.5 Å².